The van der Waals surface area contributed by atoms with Crippen LogP contribution in [0.1, 0.15) is 24.2 Å². The first kappa shape index (κ1) is 22.7. The van der Waals surface area contributed by atoms with Crippen molar-refractivity contribution in [3.8, 4) is 11.5 Å². The molecule has 0 fully saturated rings. The van der Waals surface area contributed by atoms with E-state index in [0.717, 1.165) is 0 Å². The fourth-order valence-corrected chi connectivity index (χ4v) is 2.74. The van der Waals surface area contributed by atoms with Crippen LogP contribution in [-0.4, -0.2) is 37.9 Å². The van der Waals surface area contributed by atoms with Gasteiger partial charge in [-0.3, -0.25) is 0 Å². The fraction of sp³-hybridized carbons (Fsp3) is 0.350. The quantitative estimate of drug-likeness (QED) is 0.420. The van der Waals surface area contributed by atoms with E-state index in [1.807, 2.05) is 6.92 Å². The molecule has 0 aliphatic carbocycles. The normalized spacial score (nSPS) is 12.6. The van der Waals surface area contributed by atoms with E-state index in [2.05, 4.69) is 20.4 Å². The summed E-state index contributed by atoms with van der Waals surface area (Å²) in [6, 6.07) is 11.5. The van der Waals surface area contributed by atoms with Crippen molar-refractivity contribution in [3.05, 3.63) is 58.6 Å². The number of guanidine groups is 1. The van der Waals surface area contributed by atoms with Gasteiger partial charge in [-0.25, -0.2) is 4.99 Å². The Balaban J connectivity index is 2.07. The molecule has 0 saturated carbocycles. The van der Waals surface area contributed by atoms with Gasteiger partial charge < -0.3 is 25.2 Å². The van der Waals surface area contributed by atoms with Gasteiger partial charge in [0.2, 0.25) is 0 Å². The minimum atomic E-state index is -2.94. The number of benzene rings is 2. The van der Waals surface area contributed by atoms with Crippen LogP contribution < -0.4 is 20.1 Å². The molecule has 2 aromatic rings. The van der Waals surface area contributed by atoms with Gasteiger partial charge in [-0.05, 0) is 42.8 Å². The lowest BCUT2D eigenvalue weighted by molar-refractivity contribution is -0.0504. The van der Waals surface area contributed by atoms with Gasteiger partial charge in [0.05, 0.1) is 19.8 Å². The van der Waals surface area contributed by atoms with Crippen molar-refractivity contribution in [1.82, 2.24) is 10.6 Å². The maximum Gasteiger partial charge on any atom is 0.387 e. The molecule has 1 atom stereocenters. The van der Waals surface area contributed by atoms with Crippen molar-refractivity contribution in [2.45, 2.75) is 26.2 Å². The molecule has 0 saturated heterocycles. The molecule has 29 heavy (non-hydrogen) atoms. The van der Waals surface area contributed by atoms with Crippen LogP contribution >= 0.6 is 11.6 Å². The summed E-state index contributed by atoms with van der Waals surface area (Å²) in [7, 11) is 1.56. The summed E-state index contributed by atoms with van der Waals surface area (Å²) in [6.07, 6.45) is -0.794. The van der Waals surface area contributed by atoms with E-state index >= 15 is 0 Å². The van der Waals surface area contributed by atoms with Gasteiger partial charge in [0.25, 0.3) is 0 Å². The Bertz CT molecular complexity index is 821. The molecule has 0 aliphatic heterocycles. The van der Waals surface area contributed by atoms with Gasteiger partial charge in [-0.2, -0.15) is 8.78 Å². The summed E-state index contributed by atoms with van der Waals surface area (Å²) in [6.45, 7) is -0.220. The number of alkyl halides is 2. The number of hydrogen-bond acceptors (Lipinski definition) is 4. The van der Waals surface area contributed by atoms with Crippen molar-refractivity contribution < 1.29 is 23.4 Å². The lowest BCUT2D eigenvalue weighted by Gasteiger charge is -2.16. The Hall–Kier alpha value is -2.58. The van der Waals surface area contributed by atoms with Gasteiger partial charge in [0, 0.05) is 23.7 Å². The average molecular weight is 428 g/mol. The first-order valence-electron chi connectivity index (χ1n) is 9.00. The molecule has 158 valence electrons. The Morgan fingerprint density at radius 2 is 2.00 bits per heavy atom. The molecular weight excluding hydrogens is 404 g/mol. The predicted octanol–water partition coefficient (Wildman–Crippen LogP) is 3.74. The summed E-state index contributed by atoms with van der Waals surface area (Å²) in [5.41, 5.74) is 1.11. The monoisotopic (exact) mass is 427 g/mol. The number of aliphatic hydroxyl groups is 1. The van der Waals surface area contributed by atoms with Crippen molar-refractivity contribution >= 4 is 17.6 Å². The molecule has 0 aliphatic rings. The van der Waals surface area contributed by atoms with Gasteiger partial charge in [0.15, 0.2) is 5.96 Å². The van der Waals surface area contributed by atoms with Gasteiger partial charge in [0.1, 0.15) is 11.5 Å². The van der Waals surface area contributed by atoms with E-state index in [1.54, 1.807) is 31.4 Å². The van der Waals surface area contributed by atoms with E-state index in [-0.39, 0.29) is 18.8 Å². The molecule has 0 spiro atoms. The van der Waals surface area contributed by atoms with Crippen LogP contribution in [-0.2, 0) is 6.54 Å². The van der Waals surface area contributed by atoms with E-state index < -0.39 is 12.7 Å². The highest BCUT2D eigenvalue weighted by molar-refractivity contribution is 6.30. The number of hydrogen-bond donors (Lipinski definition) is 3. The van der Waals surface area contributed by atoms with E-state index in [9.17, 15) is 13.9 Å². The molecular formula is C20H24ClF2N3O3. The van der Waals surface area contributed by atoms with Gasteiger partial charge in [-0.1, -0.05) is 23.7 Å². The third kappa shape index (κ3) is 7.40. The molecule has 2 aromatic carbocycles. The SMILES string of the molecule is CCNC(=NCc1cc(Cl)ccc1OC(F)F)NCC(O)c1cccc(OC)c1. The topological polar surface area (TPSA) is 75.1 Å². The molecule has 6 nitrogen and oxygen atoms in total. The summed E-state index contributed by atoms with van der Waals surface area (Å²) in [5.74, 6) is 1.08. The Morgan fingerprint density at radius 1 is 1.21 bits per heavy atom. The molecule has 0 bridgehead atoms. The zero-order valence-corrected chi connectivity index (χ0v) is 16.9. The Morgan fingerprint density at radius 3 is 2.69 bits per heavy atom. The van der Waals surface area contributed by atoms with Crippen molar-refractivity contribution in [1.29, 1.82) is 0 Å². The zero-order chi connectivity index (χ0) is 21.2. The molecule has 2 rings (SSSR count). The van der Waals surface area contributed by atoms with Crippen LogP contribution in [0.15, 0.2) is 47.5 Å². The fourth-order valence-electron chi connectivity index (χ4n) is 2.55. The third-order valence-corrected chi connectivity index (χ3v) is 4.17. The molecule has 0 amide bonds. The summed E-state index contributed by atoms with van der Waals surface area (Å²) in [5, 5.41) is 16.9. The first-order valence-corrected chi connectivity index (χ1v) is 9.38. The number of methoxy groups -OCH3 is 1. The number of nitrogens with one attached hydrogen (secondary N) is 2. The smallest absolute Gasteiger partial charge is 0.387 e. The zero-order valence-electron chi connectivity index (χ0n) is 16.2. The van der Waals surface area contributed by atoms with Crippen LogP contribution in [0, 0.1) is 0 Å². The number of aliphatic imine (C=N–C) groups is 1. The lowest BCUT2D eigenvalue weighted by atomic mass is 10.1. The van der Waals surface area contributed by atoms with Crippen molar-refractivity contribution in [2.24, 2.45) is 4.99 Å². The van der Waals surface area contributed by atoms with Crippen LogP contribution in [0.2, 0.25) is 5.02 Å². The Labute approximate surface area is 173 Å². The van der Waals surface area contributed by atoms with Gasteiger partial charge >= 0.3 is 6.61 Å². The number of halogens is 3. The first-order chi connectivity index (χ1) is 13.9. The standard InChI is InChI=1S/C20H24ClF2N3O3/c1-3-24-20(26-12-17(27)13-5-4-6-16(10-13)28-2)25-11-14-9-15(21)7-8-18(14)29-19(22)23/h4-10,17,19,27H,3,11-12H2,1-2H3,(H2,24,25,26). The highest BCUT2D eigenvalue weighted by Gasteiger charge is 2.12. The van der Waals surface area contributed by atoms with E-state index in [1.165, 1.54) is 18.2 Å². The highest BCUT2D eigenvalue weighted by atomic mass is 35.5. The minimum Gasteiger partial charge on any atom is -0.497 e. The van der Waals surface area contributed by atoms with E-state index in [4.69, 9.17) is 16.3 Å². The number of rotatable bonds is 9. The van der Waals surface area contributed by atoms with Crippen molar-refractivity contribution in [3.63, 3.8) is 0 Å². The van der Waals surface area contributed by atoms with Crippen LogP contribution in [0.5, 0.6) is 11.5 Å². The predicted molar refractivity (Wildman–Crippen MR) is 109 cm³/mol. The number of nitrogens with zero attached hydrogens (tertiary/aromatic N) is 1. The molecule has 0 aromatic heterocycles. The van der Waals surface area contributed by atoms with Gasteiger partial charge in [-0.15, -0.1) is 0 Å². The Kier molecular flexibility index (Phi) is 8.95. The summed E-state index contributed by atoms with van der Waals surface area (Å²) < 4.78 is 34.9. The number of ether oxygens (including phenoxy) is 2. The summed E-state index contributed by atoms with van der Waals surface area (Å²) in [4.78, 5) is 4.37. The van der Waals surface area contributed by atoms with Crippen LogP contribution in [0.4, 0.5) is 8.78 Å². The molecule has 0 radical (unpaired) electrons. The largest absolute Gasteiger partial charge is 0.497 e. The second-order valence-corrected chi connectivity index (χ2v) is 6.44. The average Bonchev–Trinajstić information content (AvgIpc) is 2.71. The van der Waals surface area contributed by atoms with Crippen LogP contribution in [0.25, 0.3) is 0 Å². The lowest BCUT2D eigenvalue weighted by Crippen LogP contribution is -2.39. The highest BCUT2D eigenvalue weighted by Crippen LogP contribution is 2.25. The van der Waals surface area contributed by atoms with Crippen molar-refractivity contribution in [2.75, 3.05) is 20.2 Å². The molecule has 0 heterocycles. The third-order valence-electron chi connectivity index (χ3n) is 3.93. The molecule has 1 unspecified atom stereocenters. The molecule has 9 heteroatoms. The summed E-state index contributed by atoms with van der Waals surface area (Å²) >= 11 is 5.96. The second-order valence-electron chi connectivity index (χ2n) is 6.00. The minimum absolute atomic E-state index is 0.0143. The molecule has 3 N–H and O–H groups in total. The maximum atomic E-state index is 12.6. The van der Waals surface area contributed by atoms with Crippen LogP contribution in [0.3, 0.4) is 0 Å². The number of aliphatic hydroxyl groups excluding tert-OH is 1. The van der Waals surface area contributed by atoms with E-state index in [0.29, 0.717) is 34.4 Å². The second kappa shape index (κ2) is 11.4. The maximum absolute atomic E-state index is 12.6.